The number of amides is 1. The summed E-state index contributed by atoms with van der Waals surface area (Å²) in [6, 6.07) is 8.24. The van der Waals surface area contributed by atoms with Gasteiger partial charge in [0.25, 0.3) is 5.91 Å². The zero-order valence-corrected chi connectivity index (χ0v) is 17.2. The van der Waals surface area contributed by atoms with E-state index in [2.05, 4.69) is 5.32 Å². The number of ether oxygens (including phenoxy) is 3. The first-order chi connectivity index (χ1) is 13.8. The molecule has 29 heavy (non-hydrogen) atoms. The normalized spacial score (nSPS) is 11.5. The van der Waals surface area contributed by atoms with Gasteiger partial charge in [0.2, 0.25) is 0 Å². The van der Waals surface area contributed by atoms with Gasteiger partial charge in [0.15, 0.2) is 17.6 Å². The van der Waals surface area contributed by atoms with Crippen molar-refractivity contribution in [3.05, 3.63) is 52.8 Å². The zero-order valence-electron chi connectivity index (χ0n) is 16.5. The fourth-order valence-corrected chi connectivity index (χ4v) is 2.56. The van der Waals surface area contributed by atoms with Gasteiger partial charge in [-0.25, -0.2) is 9.18 Å². The molecule has 0 aliphatic carbocycles. The number of hydrogen-bond acceptors (Lipinski definition) is 5. The van der Waals surface area contributed by atoms with Crippen molar-refractivity contribution in [2.75, 3.05) is 18.5 Å². The van der Waals surface area contributed by atoms with Gasteiger partial charge >= 0.3 is 5.97 Å². The van der Waals surface area contributed by atoms with E-state index in [4.69, 9.17) is 25.8 Å². The number of anilines is 1. The Morgan fingerprint density at radius 2 is 1.86 bits per heavy atom. The summed E-state index contributed by atoms with van der Waals surface area (Å²) in [7, 11) is 0. The Hall–Kier alpha value is -2.80. The predicted octanol–water partition coefficient (Wildman–Crippen LogP) is 4.85. The van der Waals surface area contributed by atoms with Crippen molar-refractivity contribution in [1.29, 1.82) is 0 Å². The molecule has 1 N–H and O–H groups in total. The maximum atomic E-state index is 13.1. The van der Waals surface area contributed by atoms with Gasteiger partial charge in [-0.05, 0) is 56.7 Å². The number of carbonyl (C=O) groups excluding carboxylic acids is 2. The smallest absolute Gasteiger partial charge is 0.339 e. The lowest BCUT2D eigenvalue weighted by atomic mass is 10.2. The Bertz CT molecular complexity index is 874. The van der Waals surface area contributed by atoms with Crippen LogP contribution in [0.15, 0.2) is 36.4 Å². The van der Waals surface area contributed by atoms with E-state index >= 15 is 0 Å². The number of hydrogen-bond donors (Lipinski definition) is 1. The van der Waals surface area contributed by atoms with Crippen LogP contribution in [0.1, 0.15) is 37.6 Å². The zero-order chi connectivity index (χ0) is 21.4. The van der Waals surface area contributed by atoms with Crippen molar-refractivity contribution in [3.63, 3.8) is 0 Å². The lowest BCUT2D eigenvalue weighted by Gasteiger charge is -2.16. The highest BCUT2D eigenvalue weighted by atomic mass is 35.5. The van der Waals surface area contributed by atoms with Gasteiger partial charge in [0, 0.05) is 0 Å². The van der Waals surface area contributed by atoms with E-state index < -0.39 is 23.8 Å². The van der Waals surface area contributed by atoms with Crippen LogP contribution >= 0.6 is 11.6 Å². The quantitative estimate of drug-likeness (QED) is 0.583. The number of nitrogens with one attached hydrogen (secondary N) is 1. The van der Waals surface area contributed by atoms with Crippen molar-refractivity contribution < 1.29 is 28.2 Å². The first-order valence-electron chi connectivity index (χ1n) is 9.22. The first-order valence-corrected chi connectivity index (χ1v) is 9.60. The lowest BCUT2D eigenvalue weighted by Crippen LogP contribution is -2.30. The maximum Gasteiger partial charge on any atom is 0.339 e. The molecule has 1 atom stereocenters. The largest absolute Gasteiger partial charge is 0.490 e. The van der Waals surface area contributed by atoms with E-state index in [-0.39, 0.29) is 16.3 Å². The van der Waals surface area contributed by atoms with Gasteiger partial charge in [-0.2, -0.15) is 0 Å². The topological polar surface area (TPSA) is 73.9 Å². The van der Waals surface area contributed by atoms with Crippen LogP contribution in [0.2, 0.25) is 5.02 Å². The summed E-state index contributed by atoms with van der Waals surface area (Å²) in [6.07, 6.45) is -0.268. The third-order valence-corrected chi connectivity index (χ3v) is 4.10. The highest BCUT2D eigenvalue weighted by Gasteiger charge is 2.21. The predicted molar refractivity (Wildman–Crippen MR) is 108 cm³/mol. The van der Waals surface area contributed by atoms with E-state index in [0.717, 1.165) is 18.6 Å². The number of halogens is 2. The van der Waals surface area contributed by atoms with Crippen molar-refractivity contribution in [2.24, 2.45) is 0 Å². The summed E-state index contributed by atoms with van der Waals surface area (Å²) in [5, 5.41) is 2.54. The molecule has 0 saturated carbocycles. The van der Waals surface area contributed by atoms with Crippen molar-refractivity contribution in [3.8, 4) is 11.5 Å². The molecule has 8 heteroatoms. The second kappa shape index (κ2) is 10.7. The minimum atomic E-state index is -1.10. The molecule has 1 amide bonds. The van der Waals surface area contributed by atoms with Crippen molar-refractivity contribution >= 4 is 29.2 Å². The van der Waals surface area contributed by atoms with Crippen LogP contribution in [-0.2, 0) is 9.53 Å². The summed E-state index contributed by atoms with van der Waals surface area (Å²) in [5.41, 5.74) is 0.439. The van der Waals surface area contributed by atoms with E-state index in [1.165, 1.54) is 25.1 Å². The molecule has 0 fully saturated rings. The molecule has 6 nitrogen and oxygen atoms in total. The average Bonchev–Trinajstić information content (AvgIpc) is 2.69. The third kappa shape index (κ3) is 6.35. The molecular formula is C21H23ClFNO5. The molecule has 2 aromatic rings. The van der Waals surface area contributed by atoms with Crippen molar-refractivity contribution in [2.45, 2.75) is 33.3 Å². The molecule has 1 unspecified atom stereocenters. The standard InChI is InChI=1S/C21H23ClFNO5/c1-4-10-28-18-9-6-14(11-19(18)27-5-2)21(26)29-13(3)20(25)24-17-8-7-15(23)12-16(17)22/h6-9,11-13H,4-5,10H2,1-3H3,(H,24,25). The highest BCUT2D eigenvalue weighted by molar-refractivity contribution is 6.33. The number of benzene rings is 2. The molecule has 0 bridgehead atoms. The maximum absolute atomic E-state index is 13.1. The number of carbonyl (C=O) groups is 2. The fraction of sp³-hybridized carbons (Fsp3) is 0.333. The SMILES string of the molecule is CCCOc1ccc(C(=O)OC(C)C(=O)Nc2ccc(F)cc2Cl)cc1OCC. The second-order valence-electron chi connectivity index (χ2n) is 6.10. The Labute approximate surface area is 173 Å². The Balaban J connectivity index is 2.05. The van der Waals surface area contributed by atoms with Gasteiger partial charge in [-0.1, -0.05) is 18.5 Å². The van der Waals surface area contributed by atoms with Crippen LogP contribution in [0.25, 0.3) is 0 Å². The summed E-state index contributed by atoms with van der Waals surface area (Å²) < 4.78 is 29.4. The third-order valence-electron chi connectivity index (χ3n) is 3.78. The minimum Gasteiger partial charge on any atom is -0.490 e. The summed E-state index contributed by atoms with van der Waals surface area (Å²) in [6.45, 7) is 6.15. The van der Waals surface area contributed by atoms with E-state index in [9.17, 15) is 14.0 Å². The van der Waals surface area contributed by atoms with Gasteiger partial charge in [-0.15, -0.1) is 0 Å². The number of esters is 1. The Kier molecular flexibility index (Phi) is 8.27. The van der Waals surface area contributed by atoms with E-state index in [1.807, 2.05) is 13.8 Å². The molecule has 0 spiro atoms. The van der Waals surface area contributed by atoms with Crippen LogP contribution in [-0.4, -0.2) is 31.2 Å². The van der Waals surface area contributed by atoms with Crippen LogP contribution in [0, 0.1) is 5.82 Å². The molecule has 0 saturated heterocycles. The van der Waals surface area contributed by atoms with Crippen molar-refractivity contribution in [1.82, 2.24) is 0 Å². The van der Waals surface area contributed by atoms with Crippen LogP contribution < -0.4 is 14.8 Å². The first kappa shape index (κ1) is 22.5. The molecule has 2 aromatic carbocycles. The minimum absolute atomic E-state index is 0.0425. The van der Waals surface area contributed by atoms with Gasteiger partial charge in [0.05, 0.1) is 29.5 Å². The summed E-state index contributed by atoms with van der Waals surface area (Å²) >= 11 is 5.89. The molecule has 0 heterocycles. The summed E-state index contributed by atoms with van der Waals surface area (Å²) in [5.74, 6) is -0.864. The molecule has 0 aliphatic heterocycles. The molecular weight excluding hydrogens is 401 g/mol. The number of rotatable bonds is 9. The molecule has 0 radical (unpaired) electrons. The van der Waals surface area contributed by atoms with Crippen LogP contribution in [0.3, 0.4) is 0 Å². The molecule has 156 valence electrons. The Morgan fingerprint density at radius 3 is 2.52 bits per heavy atom. The van der Waals surface area contributed by atoms with E-state index in [0.29, 0.717) is 24.7 Å². The van der Waals surface area contributed by atoms with Gasteiger partial charge in [-0.3, -0.25) is 4.79 Å². The second-order valence-corrected chi connectivity index (χ2v) is 6.51. The van der Waals surface area contributed by atoms with E-state index in [1.54, 1.807) is 6.07 Å². The van der Waals surface area contributed by atoms with Gasteiger partial charge < -0.3 is 19.5 Å². The highest BCUT2D eigenvalue weighted by Crippen LogP contribution is 2.29. The monoisotopic (exact) mass is 423 g/mol. The molecule has 0 aliphatic rings. The summed E-state index contributed by atoms with van der Waals surface area (Å²) in [4.78, 5) is 24.7. The van der Waals surface area contributed by atoms with Crippen LogP contribution in [0.4, 0.5) is 10.1 Å². The average molecular weight is 424 g/mol. The lowest BCUT2D eigenvalue weighted by molar-refractivity contribution is -0.123. The van der Waals surface area contributed by atoms with Gasteiger partial charge in [0.1, 0.15) is 5.82 Å². The molecule has 2 rings (SSSR count). The fourth-order valence-electron chi connectivity index (χ4n) is 2.34. The molecule has 0 aromatic heterocycles. The van der Waals surface area contributed by atoms with Crippen LogP contribution in [0.5, 0.6) is 11.5 Å². The Morgan fingerprint density at radius 1 is 1.10 bits per heavy atom.